The molecule has 1 unspecified atom stereocenters. The minimum Gasteiger partial charge on any atom is -0.490 e. The van der Waals surface area contributed by atoms with Gasteiger partial charge >= 0.3 is 0 Å². The molecule has 1 saturated heterocycles. The van der Waals surface area contributed by atoms with Crippen LogP contribution in [-0.2, 0) is 11.2 Å². The van der Waals surface area contributed by atoms with Crippen molar-refractivity contribution in [3.8, 4) is 5.75 Å². The third kappa shape index (κ3) is 3.98. The number of hydrogen-bond donors (Lipinski definition) is 1. The number of anilines is 2. The van der Waals surface area contributed by atoms with Gasteiger partial charge in [-0.25, -0.2) is 0 Å². The molecule has 0 aliphatic carbocycles. The van der Waals surface area contributed by atoms with E-state index in [0.29, 0.717) is 11.2 Å². The molecule has 2 aliphatic rings. The average molecular weight is 402 g/mol. The smallest absolute Gasteiger partial charge is 0.223 e. The molecule has 2 aliphatic heterocycles. The molecular formula is C20H27N5O2S. The molecule has 0 saturated carbocycles. The van der Waals surface area contributed by atoms with Crippen LogP contribution in [0.4, 0.5) is 10.3 Å². The van der Waals surface area contributed by atoms with Crippen LogP contribution in [0.3, 0.4) is 0 Å². The fraction of sp³-hybridized carbons (Fsp3) is 0.550. The summed E-state index contributed by atoms with van der Waals surface area (Å²) in [6.07, 6.45) is 2.36. The second-order valence-corrected chi connectivity index (χ2v) is 8.47. The second-order valence-electron chi connectivity index (χ2n) is 7.52. The molecule has 0 radical (unpaired) electrons. The van der Waals surface area contributed by atoms with E-state index in [0.717, 1.165) is 49.9 Å². The molecule has 1 N–H and O–H groups in total. The van der Waals surface area contributed by atoms with Crippen LogP contribution in [-0.4, -0.2) is 53.3 Å². The third-order valence-electron chi connectivity index (χ3n) is 5.42. The summed E-state index contributed by atoms with van der Waals surface area (Å²) in [6.45, 7) is 9.62. The minimum atomic E-state index is -0.119. The number of aromatic nitrogens is 2. The van der Waals surface area contributed by atoms with Crippen LogP contribution in [0.15, 0.2) is 18.2 Å². The lowest BCUT2D eigenvalue weighted by atomic mass is 9.99. The summed E-state index contributed by atoms with van der Waals surface area (Å²) >= 11 is 1.43. The van der Waals surface area contributed by atoms with Crippen LogP contribution in [0.25, 0.3) is 0 Å². The molecule has 150 valence electrons. The summed E-state index contributed by atoms with van der Waals surface area (Å²) in [7, 11) is 0. The zero-order valence-corrected chi connectivity index (χ0v) is 17.5. The Bertz CT molecular complexity index is 847. The van der Waals surface area contributed by atoms with Gasteiger partial charge < -0.3 is 15.0 Å². The van der Waals surface area contributed by atoms with Crippen LogP contribution in [0, 0.1) is 0 Å². The van der Waals surface area contributed by atoms with Gasteiger partial charge in [0.05, 0.1) is 0 Å². The number of amides is 1. The van der Waals surface area contributed by atoms with Crippen molar-refractivity contribution in [2.45, 2.75) is 45.8 Å². The first-order valence-corrected chi connectivity index (χ1v) is 10.7. The van der Waals surface area contributed by atoms with Crippen molar-refractivity contribution in [1.82, 2.24) is 15.1 Å². The van der Waals surface area contributed by atoms with Gasteiger partial charge in [0.25, 0.3) is 0 Å². The molecule has 2 atom stereocenters. The summed E-state index contributed by atoms with van der Waals surface area (Å²) in [5.41, 5.74) is 2.66. The summed E-state index contributed by atoms with van der Waals surface area (Å²) in [4.78, 5) is 16.0. The Balaban J connectivity index is 1.40. The molecule has 4 rings (SSSR count). The first kappa shape index (κ1) is 19.1. The highest BCUT2D eigenvalue weighted by Crippen LogP contribution is 2.35. The molecule has 8 heteroatoms. The number of piperazine rings is 1. The molecule has 0 spiro atoms. The molecule has 1 aromatic carbocycles. The largest absolute Gasteiger partial charge is 0.490 e. The van der Waals surface area contributed by atoms with E-state index in [1.54, 1.807) is 0 Å². The molecule has 1 amide bonds. The fourth-order valence-electron chi connectivity index (χ4n) is 4.10. The van der Waals surface area contributed by atoms with Gasteiger partial charge in [-0.05, 0) is 30.5 Å². The Labute approximate surface area is 169 Å². The summed E-state index contributed by atoms with van der Waals surface area (Å²) in [5, 5.41) is 12.4. The van der Waals surface area contributed by atoms with E-state index in [1.807, 2.05) is 0 Å². The predicted octanol–water partition coefficient (Wildman–Crippen LogP) is 3.09. The van der Waals surface area contributed by atoms with Crippen LogP contribution >= 0.6 is 11.3 Å². The molecule has 1 fully saturated rings. The standard InChI is InChI=1S/C20H27N5O2S/c1-4-17(15-5-6-16-11-13(2)27-18(16)12-15)24-7-9-25(10-8-24)20-23-22-19(28-20)21-14(3)26/h5-6,12-13,17H,4,7-11H2,1-3H3,(H,21,22,26)/t13-,17?/m0/s1. The highest BCUT2D eigenvalue weighted by atomic mass is 32.1. The lowest BCUT2D eigenvalue weighted by Crippen LogP contribution is -2.47. The van der Waals surface area contributed by atoms with Crippen molar-refractivity contribution in [1.29, 1.82) is 0 Å². The van der Waals surface area contributed by atoms with Crippen molar-refractivity contribution in [3.05, 3.63) is 29.3 Å². The van der Waals surface area contributed by atoms with Crippen molar-refractivity contribution in [2.24, 2.45) is 0 Å². The van der Waals surface area contributed by atoms with Gasteiger partial charge in [0.1, 0.15) is 11.9 Å². The van der Waals surface area contributed by atoms with Crippen LogP contribution in [0.1, 0.15) is 44.4 Å². The fourth-order valence-corrected chi connectivity index (χ4v) is 4.94. The quantitative estimate of drug-likeness (QED) is 0.830. The van der Waals surface area contributed by atoms with E-state index in [9.17, 15) is 4.79 Å². The van der Waals surface area contributed by atoms with Gasteiger partial charge in [0.2, 0.25) is 16.2 Å². The number of carbonyl (C=O) groups excluding carboxylic acids is 1. The Kier molecular flexibility index (Phi) is 5.50. The third-order valence-corrected chi connectivity index (χ3v) is 6.32. The van der Waals surface area contributed by atoms with E-state index in [4.69, 9.17) is 4.74 Å². The number of nitrogens with one attached hydrogen (secondary N) is 1. The van der Waals surface area contributed by atoms with E-state index in [1.165, 1.54) is 29.4 Å². The average Bonchev–Trinajstić information content (AvgIpc) is 3.27. The van der Waals surface area contributed by atoms with E-state index >= 15 is 0 Å². The molecular weight excluding hydrogens is 374 g/mol. The topological polar surface area (TPSA) is 70.6 Å². The number of carbonyl (C=O) groups is 1. The normalized spacial score (nSPS) is 20.5. The van der Waals surface area contributed by atoms with Crippen molar-refractivity contribution < 1.29 is 9.53 Å². The molecule has 7 nitrogen and oxygen atoms in total. The van der Waals surface area contributed by atoms with E-state index in [-0.39, 0.29) is 12.0 Å². The van der Waals surface area contributed by atoms with Crippen LogP contribution < -0.4 is 15.0 Å². The number of ether oxygens (including phenoxy) is 1. The van der Waals surface area contributed by atoms with Crippen molar-refractivity contribution in [2.75, 3.05) is 36.4 Å². The zero-order chi connectivity index (χ0) is 19.7. The number of fused-ring (bicyclic) bond motifs is 1. The van der Waals surface area contributed by atoms with Gasteiger partial charge in [-0.3, -0.25) is 9.69 Å². The Hall–Kier alpha value is -2.19. The number of hydrogen-bond acceptors (Lipinski definition) is 7. The maximum Gasteiger partial charge on any atom is 0.223 e. The van der Waals surface area contributed by atoms with Gasteiger partial charge in [-0.15, -0.1) is 10.2 Å². The molecule has 28 heavy (non-hydrogen) atoms. The minimum absolute atomic E-state index is 0.119. The van der Waals surface area contributed by atoms with E-state index < -0.39 is 0 Å². The Morgan fingerprint density at radius 2 is 2.11 bits per heavy atom. The monoisotopic (exact) mass is 401 g/mol. The number of benzene rings is 1. The second kappa shape index (κ2) is 8.05. The lowest BCUT2D eigenvalue weighted by Gasteiger charge is -2.39. The zero-order valence-electron chi connectivity index (χ0n) is 16.6. The summed E-state index contributed by atoms with van der Waals surface area (Å²) in [6, 6.07) is 7.14. The maximum absolute atomic E-state index is 11.2. The van der Waals surface area contributed by atoms with Crippen molar-refractivity contribution in [3.63, 3.8) is 0 Å². The van der Waals surface area contributed by atoms with Gasteiger partial charge in [-0.1, -0.05) is 30.4 Å². The highest BCUT2D eigenvalue weighted by Gasteiger charge is 2.27. The Morgan fingerprint density at radius 3 is 2.82 bits per heavy atom. The highest BCUT2D eigenvalue weighted by molar-refractivity contribution is 7.19. The van der Waals surface area contributed by atoms with E-state index in [2.05, 4.69) is 57.4 Å². The van der Waals surface area contributed by atoms with Gasteiger partial charge in [0, 0.05) is 45.6 Å². The number of rotatable bonds is 5. The van der Waals surface area contributed by atoms with Crippen LogP contribution in [0.5, 0.6) is 5.75 Å². The molecule has 1 aromatic heterocycles. The molecule has 0 bridgehead atoms. The number of nitrogens with zero attached hydrogens (tertiary/aromatic N) is 4. The first-order valence-electron chi connectivity index (χ1n) is 9.93. The molecule has 3 heterocycles. The Morgan fingerprint density at radius 1 is 1.32 bits per heavy atom. The summed E-state index contributed by atoms with van der Waals surface area (Å²) in [5.74, 6) is 0.937. The van der Waals surface area contributed by atoms with Crippen molar-refractivity contribution >= 4 is 27.5 Å². The van der Waals surface area contributed by atoms with Crippen LogP contribution in [0.2, 0.25) is 0 Å². The predicted molar refractivity (Wildman–Crippen MR) is 111 cm³/mol. The molecule has 2 aromatic rings. The first-order chi connectivity index (χ1) is 13.5. The van der Waals surface area contributed by atoms with Gasteiger partial charge in [0.15, 0.2) is 0 Å². The lowest BCUT2D eigenvalue weighted by molar-refractivity contribution is -0.114. The van der Waals surface area contributed by atoms with Gasteiger partial charge in [-0.2, -0.15) is 0 Å². The SMILES string of the molecule is CCC(c1ccc2c(c1)O[C@@H](C)C2)N1CCN(c2nnc(NC(C)=O)s2)CC1. The summed E-state index contributed by atoms with van der Waals surface area (Å²) < 4.78 is 5.96. The maximum atomic E-state index is 11.2.